The zero-order chi connectivity index (χ0) is 15.8. The number of rotatable bonds is 8. The maximum absolute atomic E-state index is 5.95. The van der Waals surface area contributed by atoms with E-state index in [-0.39, 0.29) is 0 Å². The minimum atomic E-state index is 0.337. The zero-order valence-corrected chi connectivity index (χ0v) is 14.1. The van der Waals surface area contributed by atoms with Gasteiger partial charge in [0.1, 0.15) is 0 Å². The van der Waals surface area contributed by atoms with E-state index in [9.17, 15) is 0 Å². The highest BCUT2D eigenvalue weighted by Gasteiger charge is 2.18. The summed E-state index contributed by atoms with van der Waals surface area (Å²) in [5.41, 5.74) is 5.95. The lowest BCUT2D eigenvalue weighted by molar-refractivity contribution is 0.566. The topological polar surface area (TPSA) is 71.2 Å². The van der Waals surface area contributed by atoms with E-state index in [1.807, 2.05) is 0 Å². The van der Waals surface area contributed by atoms with Gasteiger partial charge in [-0.2, -0.15) is 15.0 Å². The molecule has 1 fully saturated rings. The Labute approximate surface area is 134 Å². The van der Waals surface area contributed by atoms with Crippen molar-refractivity contribution >= 4 is 17.8 Å². The third-order valence-electron chi connectivity index (χ3n) is 4.11. The molecule has 0 radical (unpaired) electrons. The number of aromatic nitrogens is 3. The first kappa shape index (κ1) is 16.8. The first-order valence-electron chi connectivity index (χ1n) is 8.76. The van der Waals surface area contributed by atoms with Crippen molar-refractivity contribution in [1.82, 2.24) is 15.0 Å². The number of nitrogens with zero attached hydrogens (tertiary/aromatic N) is 5. The summed E-state index contributed by atoms with van der Waals surface area (Å²) in [6, 6.07) is 0. The minimum absolute atomic E-state index is 0.337. The lowest BCUT2D eigenvalue weighted by atomic mass is 10.1. The molecule has 6 heteroatoms. The Morgan fingerprint density at radius 3 is 2.18 bits per heavy atom. The van der Waals surface area contributed by atoms with Crippen molar-refractivity contribution in [2.24, 2.45) is 0 Å². The molecule has 2 N–H and O–H groups in total. The summed E-state index contributed by atoms with van der Waals surface area (Å²) in [6.07, 6.45) is 8.34. The number of hydrogen-bond donors (Lipinski definition) is 1. The molecule has 2 heterocycles. The summed E-state index contributed by atoms with van der Waals surface area (Å²) in [5.74, 6) is 1.83. The van der Waals surface area contributed by atoms with Gasteiger partial charge in [-0.25, -0.2) is 0 Å². The van der Waals surface area contributed by atoms with Gasteiger partial charge in [-0.3, -0.25) is 0 Å². The number of nitrogen functional groups attached to an aromatic ring is 1. The molecule has 0 unspecified atom stereocenters. The molecule has 1 saturated heterocycles. The van der Waals surface area contributed by atoms with Crippen LogP contribution in [0.15, 0.2) is 0 Å². The molecule has 1 aliphatic heterocycles. The Bertz CT molecular complexity index is 436. The molecule has 2 rings (SSSR count). The third kappa shape index (κ3) is 4.71. The summed E-state index contributed by atoms with van der Waals surface area (Å²) in [4.78, 5) is 18.0. The second-order valence-corrected chi connectivity index (χ2v) is 6.04. The molecular weight excluding hydrogens is 276 g/mol. The number of unbranched alkanes of at least 4 members (excludes halogenated alkanes) is 2. The average Bonchev–Trinajstić information content (AvgIpc) is 2.55. The van der Waals surface area contributed by atoms with E-state index in [2.05, 4.69) is 33.6 Å². The van der Waals surface area contributed by atoms with Gasteiger partial charge < -0.3 is 15.5 Å². The van der Waals surface area contributed by atoms with Crippen molar-refractivity contribution in [2.45, 2.75) is 58.8 Å². The van der Waals surface area contributed by atoms with Gasteiger partial charge in [0.2, 0.25) is 17.8 Å². The van der Waals surface area contributed by atoms with Crippen molar-refractivity contribution < 1.29 is 0 Å². The van der Waals surface area contributed by atoms with Gasteiger partial charge in [-0.15, -0.1) is 0 Å². The van der Waals surface area contributed by atoms with Crippen LogP contribution in [0.2, 0.25) is 0 Å². The summed E-state index contributed by atoms with van der Waals surface area (Å²) < 4.78 is 0. The minimum Gasteiger partial charge on any atom is -0.368 e. The van der Waals surface area contributed by atoms with Crippen LogP contribution in [0.25, 0.3) is 0 Å². The predicted octanol–water partition coefficient (Wildman–Crippen LogP) is 2.85. The lowest BCUT2D eigenvalue weighted by Crippen LogP contribution is -2.33. The first-order chi connectivity index (χ1) is 10.7. The maximum atomic E-state index is 5.95. The van der Waals surface area contributed by atoms with Gasteiger partial charge in [-0.05, 0) is 32.1 Å². The lowest BCUT2D eigenvalue weighted by Gasteiger charge is -2.28. The second kappa shape index (κ2) is 8.76. The highest BCUT2D eigenvalue weighted by molar-refractivity contribution is 5.43. The Morgan fingerprint density at radius 2 is 1.59 bits per heavy atom. The van der Waals surface area contributed by atoms with E-state index in [4.69, 9.17) is 10.7 Å². The second-order valence-electron chi connectivity index (χ2n) is 6.04. The SMILES string of the molecule is CCCCN(CCCC)c1nc(N)nc(N2CCCCC2)n1. The summed E-state index contributed by atoms with van der Waals surface area (Å²) >= 11 is 0. The van der Waals surface area contributed by atoms with E-state index >= 15 is 0 Å². The maximum Gasteiger partial charge on any atom is 0.231 e. The Hall–Kier alpha value is -1.59. The molecule has 0 atom stereocenters. The van der Waals surface area contributed by atoms with Gasteiger partial charge >= 0.3 is 0 Å². The van der Waals surface area contributed by atoms with Crippen molar-refractivity contribution in [2.75, 3.05) is 41.7 Å². The molecule has 0 aliphatic carbocycles. The van der Waals surface area contributed by atoms with Crippen LogP contribution >= 0.6 is 0 Å². The smallest absolute Gasteiger partial charge is 0.231 e. The normalized spacial score (nSPS) is 15.1. The van der Waals surface area contributed by atoms with Crippen molar-refractivity contribution in [1.29, 1.82) is 0 Å². The fourth-order valence-electron chi connectivity index (χ4n) is 2.76. The number of anilines is 3. The van der Waals surface area contributed by atoms with E-state index in [0.717, 1.165) is 50.9 Å². The van der Waals surface area contributed by atoms with E-state index in [1.165, 1.54) is 32.1 Å². The van der Waals surface area contributed by atoms with Crippen molar-refractivity contribution in [3.63, 3.8) is 0 Å². The first-order valence-corrected chi connectivity index (χ1v) is 8.76. The highest BCUT2D eigenvalue weighted by Crippen LogP contribution is 2.20. The number of nitrogens with two attached hydrogens (primary N) is 1. The quantitative estimate of drug-likeness (QED) is 0.796. The fourth-order valence-corrected chi connectivity index (χ4v) is 2.76. The molecule has 1 aliphatic rings. The van der Waals surface area contributed by atoms with Crippen LogP contribution in [0, 0.1) is 0 Å². The van der Waals surface area contributed by atoms with Gasteiger partial charge in [0, 0.05) is 26.2 Å². The third-order valence-corrected chi connectivity index (χ3v) is 4.11. The summed E-state index contributed by atoms with van der Waals surface area (Å²) in [7, 11) is 0. The molecule has 0 aromatic carbocycles. The molecule has 0 saturated carbocycles. The van der Waals surface area contributed by atoms with Crippen LogP contribution in [0.5, 0.6) is 0 Å². The fraction of sp³-hybridized carbons (Fsp3) is 0.812. The van der Waals surface area contributed by atoms with Gasteiger partial charge in [-0.1, -0.05) is 26.7 Å². The largest absolute Gasteiger partial charge is 0.368 e. The highest BCUT2D eigenvalue weighted by atomic mass is 15.3. The summed E-state index contributed by atoms with van der Waals surface area (Å²) in [6.45, 7) is 8.43. The predicted molar refractivity (Wildman–Crippen MR) is 92.3 cm³/mol. The molecule has 1 aromatic rings. The molecular formula is C16H30N6. The van der Waals surface area contributed by atoms with E-state index in [0.29, 0.717) is 5.95 Å². The van der Waals surface area contributed by atoms with Gasteiger partial charge in [0.05, 0.1) is 0 Å². The van der Waals surface area contributed by atoms with Crippen LogP contribution in [-0.2, 0) is 0 Å². The molecule has 0 amide bonds. The van der Waals surface area contributed by atoms with E-state index < -0.39 is 0 Å². The molecule has 0 spiro atoms. The van der Waals surface area contributed by atoms with Crippen molar-refractivity contribution in [3.05, 3.63) is 0 Å². The zero-order valence-electron chi connectivity index (χ0n) is 14.1. The molecule has 1 aromatic heterocycles. The molecule has 6 nitrogen and oxygen atoms in total. The average molecular weight is 306 g/mol. The molecule has 0 bridgehead atoms. The Morgan fingerprint density at radius 1 is 0.955 bits per heavy atom. The standard InChI is InChI=1S/C16H30N6/c1-3-5-10-21(11-6-4-2)15-18-14(17)19-16(20-15)22-12-8-7-9-13-22/h3-13H2,1-2H3,(H2,17,18,19,20). The number of hydrogen-bond acceptors (Lipinski definition) is 6. The van der Waals surface area contributed by atoms with Crippen LogP contribution in [0.4, 0.5) is 17.8 Å². The van der Waals surface area contributed by atoms with Crippen LogP contribution in [0.1, 0.15) is 58.8 Å². The van der Waals surface area contributed by atoms with Gasteiger partial charge in [0.15, 0.2) is 0 Å². The van der Waals surface area contributed by atoms with Gasteiger partial charge in [0.25, 0.3) is 0 Å². The molecule has 22 heavy (non-hydrogen) atoms. The van der Waals surface area contributed by atoms with Crippen molar-refractivity contribution in [3.8, 4) is 0 Å². The van der Waals surface area contributed by atoms with E-state index in [1.54, 1.807) is 0 Å². The van der Waals surface area contributed by atoms with Crippen LogP contribution < -0.4 is 15.5 Å². The Balaban J connectivity index is 2.17. The monoisotopic (exact) mass is 306 g/mol. The van der Waals surface area contributed by atoms with Crippen LogP contribution in [0.3, 0.4) is 0 Å². The Kier molecular flexibility index (Phi) is 6.68. The summed E-state index contributed by atoms with van der Waals surface area (Å²) in [5, 5.41) is 0. The molecule has 124 valence electrons. The van der Waals surface area contributed by atoms with Crippen LogP contribution in [-0.4, -0.2) is 41.1 Å². The number of piperidine rings is 1.